The molecule has 9 heteroatoms. The van der Waals surface area contributed by atoms with Gasteiger partial charge in [0, 0.05) is 23.9 Å². The Balaban J connectivity index is 1.60. The lowest BCUT2D eigenvalue weighted by Crippen LogP contribution is -2.23. The third kappa shape index (κ3) is 3.64. The van der Waals surface area contributed by atoms with Crippen molar-refractivity contribution < 1.29 is 4.79 Å². The minimum absolute atomic E-state index is 0.138. The number of amides is 1. The number of thiophene rings is 1. The van der Waals surface area contributed by atoms with E-state index in [0.717, 1.165) is 16.7 Å². The van der Waals surface area contributed by atoms with Gasteiger partial charge in [0.25, 0.3) is 5.56 Å². The number of carbonyl (C=O) groups excluding carboxylic acids is 1. The van der Waals surface area contributed by atoms with E-state index in [4.69, 9.17) is 0 Å². The minimum Gasteiger partial charge on any atom is -0.300 e. The van der Waals surface area contributed by atoms with Gasteiger partial charge in [-0.3, -0.25) is 14.2 Å². The van der Waals surface area contributed by atoms with Gasteiger partial charge >= 0.3 is 0 Å². The van der Waals surface area contributed by atoms with Crippen molar-refractivity contribution in [2.24, 2.45) is 0 Å². The van der Waals surface area contributed by atoms with Gasteiger partial charge < -0.3 is 5.32 Å². The van der Waals surface area contributed by atoms with Crippen LogP contribution in [0.4, 0.5) is 5.13 Å². The van der Waals surface area contributed by atoms with Gasteiger partial charge in [0.15, 0.2) is 0 Å². The van der Waals surface area contributed by atoms with Crippen molar-refractivity contribution in [1.29, 1.82) is 0 Å². The van der Waals surface area contributed by atoms with Gasteiger partial charge in [-0.05, 0) is 12.5 Å². The number of aryl methyl sites for hydroxylation is 2. The van der Waals surface area contributed by atoms with Crippen molar-refractivity contribution in [2.45, 2.75) is 19.9 Å². The summed E-state index contributed by atoms with van der Waals surface area (Å²) in [4.78, 5) is 30.1. The number of carbonyl (C=O) groups is 1. The first-order valence-electron chi connectivity index (χ1n) is 8.21. The maximum Gasteiger partial charge on any atom is 0.262 e. The summed E-state index contributed by atoms with van der Waals surface area (Å²) in [6.45, 7) is 2.27. The maximum absolute atomic E-state index is 13.0. The van der Waals surface area contributed by atoms with E-state index in [2.05, 4.69) is 20.5 Å². The van der Waals surface area contributed by atoms with Crippen LogP contribution in [0, 0.1) is 6.92 Å². The molecule has 0 spiro atoms. The molecule has 0 saturated carbocycles. The second kappa shape index (κ2) is 7.37. The van der Waals surface area contributed by atoms with Crippen LogP contribution in [0.25, 0.3) is 21.3 Å². The Kier molecular flexibility index (Phi) is 4.78. The molecule has 0 aliphatic heterocycles. The number of fused-ring (bicyclic) bond motifs is 1. The second-order valence-electron chi connectivity index (χ2n) is 5.98. The molecule has 1 amide bonds. The molecule has 0 bridgehead atoms. The number of rotatable bonds is 5. The molecule has 1 N–H and O–H groups in total. The monoisotopic (exact) mass is 397 g/mol. The van der Waals surface area contributed by atoms with Gasteiger partial charge in [-0.15, -0.1) is 21.5 Å². The lowest BCUT2D eigenvalue weighted by atomic mass is 10.1. The van der Waals surface area contributed by atoms with Gasteiger partial charge in [0.2, 0.25) is 11.0 Å². The van der Waals surface area contributed by atoms with Gasteiger partial charge in [-0.25, -0.2) is 4.98 Å². The average Bonchev–Trinajstić information content (AvgIpc) is 3.32. The predicted molar refractivity (Wildman–Crippen MR) is 107 cm³/mol. The number of hydrogen-bond donors (Lipinski definition) is 1. The first kappa shape index (κ1) is 17.5. The Morgan fingerprint density at radius 2 is 2.04 bits per heavy atom. The topological polar surface area (TPSA) is 89.8 Å². The summed E-state index contributed by atoms with van der Waals surface area (Å²) in [6, 6.07) is 8.04. The molecule has 27 heavy (non-hydrogen) atoms. The van der Waals surface area contributed by atoms with Crippen LogP contribution in [-0.2, 0) is 11.3 Å². The first-order chi connectivity index (χ1) is 13.1. The molecule has 0 atom stereocenters. The normalized spacial score (nSPS) is 11.0. The average molecular weight is 397 g/mol. The Hall–Kier alpha value is -2.91. The summed E-state index contributed by atoms with van der Waals surface area (Å²) in [5.41, 5.74) is 4.43. The van der Waals surface area contributed by atoms with E-state index in [1.807, 2.05) is 36.6 Å². The molecular weight excluding hydrogens is 382 g/mol. The highest BCUT2D eigenvalue weighted by Crippen LogP contribution is 2.30. The predicted octanol–water partition coefficient (Wildman–Crippen LogP) is 3.31. The third-order valence-corrected chi connectivity index (χ3v) is 5.60. The zero-order valence-corrected chi connectivity index (χ0v) is 16.0. The second-order valence-corrected chi connectivity index (χ2v) is 7.67. The molecule has 0 aliphatic carbocycles. The number of aromatic nitrogens is 4. The van der Waals surface area contributed by atoms with E-state index in [0.29, 0.717) is 15.3 Å². The van der Waals surface area contributed by atoms with Crippen molar-refractivity contribution in [3.63, 3.8) is 0 Å². The molecule has 0 aliphatic rings. The van der Waals surface area contributed by atoms with Crippen molar-refractivity contribution in [2.75, 3.05) is 5.32 Å². The molecule has 7 nitrogen and oxygen atoms in total. The van der Waals surface area contributed by atoms with Crippen LogP contribution in [-0.4, -0.2) is 25.7 Å². The largest absolute Gasteiger partial charge is 0.300 e. The molecule has 0 unspecified atom stereocenters. The van der Waals surface area contributed by atoms with Gasteiger partial charge in [-0.1, -0.05) is 41.2 Å². The summed E-state index contributed by atoms with van der Waals surface area (Å²) in [6.07, 6.45) is 1.65. The highest BCUT2D eigenvalue weighted by molar-refractivity contribution is 7.17. The van der Waals surface area contributed by atoms with E-state index < -0.39 is 0 Å². The number of nitrogens with zero attached hydrogens (tertiary/aromatic N) is 4. The van der Waals surface area contributed by atoms with Gasteiger partial charge in [0.1, 0.15) is 10.3 Å². The Bertz CT molecular complexity index is 1150. The van der Waals surface area contributed by atoms with Crippen LogP contribution >= 0.6 is 22.7 Å². The van der Waals surface area contributed by atoms with E-state index in [-0.39, 0.29) is 24.4 Å². The van der Waals surface area contributed by atoms with Crippen LogP contribution in [0.15, 0.2) is 46.3 Å². The fourth-order valence-electron chi connectivity index (χ4n) is 2.70. The van der Waals surface area contributed by atoms with Crippen LogP contribution in [0.3, 0.4) is 0 Å². The summed E-state index contributed by atoms with van der Waals surface area (Å²) in [7, 11) is 0. The van der Waals surface area contributed by atoms with E-state index >= 15 is 0 Å². The SMILES string of the molecule is Cc1ccc(-c2csc3ncn(CCC(=O)Nc4nncs4)c(=O)c23)cc1. The van der Waals surface area contributed by atoms with E-state index in [1.54, 1.807) is 5.51 Å². The first-order valence-corrected chi connectivity index (χ1v) is 9.97. The Morgan fingerprint density at radius 1 is 1.22 bits per heavy atom. The van der Waals surface area contributed by atoms with E-state index in [9.17, 15) is 9.59 Å². The molecular formula is C18H15N5O2S2. The molecule has 0 saturated heterocycles. The maximum atomic E-state index is 13.0. The van der Waals surface area contributed by atoms with Gasteiger partial charge in [0.05, 0.1) is 11.7 Å². The Labute approximate surface area is 162 Å². The molecule has 4 aromatic rings. The quantitative estimate of drug-likeness (QED) is 0.558. The minimum atomic E-state index is -0.220. The van der Waals surface area contributed by atoms with E-state index in [1.165, 1.54) is 33.6 Å². The summed E-state index contributed by atoms with van der Waals surface area (Å²) < 4.78 is 1.48. The summed E-state index contributed by atoms with van der Waals surface area (Å²) in [5, 5.41) is 13.1. The molecule has 1 aromatic carbocycles. The molecule has 3 heterocycles. The third-order valence-electron chi connectivity index (χ3n) is 4.11. The zero-order chi connectivity index (χ0) is 18.8. The lowest BCUT2D eigenvalue weighted by Gasteiger charge is -2.06. The van der Waals surface area contributed by atoms with Crippen molar-refractivity contribution in [1.82, 2.24) is 19.7 Å². The molecule has 136 valence electrons. The van der Waals surface area contributed by atoms with Crippen LogP contribution in [0.1, 0.15) is 12.0 Å². The standard InChI is InChI=1S/C18H15N5O2S2/c1-11-2-4-12(5-3-11)13-8-26-16-15(13)17(25)23(9-19-16)7-6-14(24)21-18-22-20-10-27-18/h2-5,8-10H,6-7H2,1H3,(H,21,22,24). The fourth-order valence-corrected chi connectivity index (χ4v) is 4.07. The number of benzene rings is 1. The molecule has 3 aromatic heterocycles. The number of anilines is 1. The summed E-state index contributed by atoms with van der Waals surface area (Å²) >= 11 is 2.69. The fraction of sp³-hybridized carbons (Fsp3) is 0.167. The smallest absolute Gasteiger partial charge is 0.262 e. The lowest BCUT2D eigenvalue weighted by molar-refractivity contribution is -0.116. The number of hydrogen-bond acceptors (Lipinski definition) is 7. The highest BCUT2D eigenvalue weighted by Gasteiger charge is 2.14. The van der Waals surface area contributed by atoms with Gasteiger partial charge in [-0.2, -0.15) is 0 Å². The zero-order valence-electron chi connectivity index (χ0n) is 14.4. The van der Waals surface area contributed by atoms with Crippen LogP contribution < -0.4 is 10.9 Å². The van der Waals surface area contributed by atoms with Crippen molar-refractivity contribution in [3.8, 4) is 11.1 Å². The molecule has 4 rings (SSSR count). The highest BCUT2D eigenvalue weighted by atomic mass is 32.1. The number of nitrogens with one attached hydrogen (secondary N) is 1. The van der Waals surface area contributed by atoms with Crippen LogP contribution in [0.5, 0.6) is 0 Å². The molecule has 0 radical (unpaired) electrons. The Morgan fingerprint density at radius 3 is 2.78 bits per heavy atom. The summed E-state index contributed by atoms with van der Waals surface area (Å²) in [5.74, 6) is -0.220. The van der Waals surface area contributed by atoms with Crippen molar-refractivity contribution >= 4 is 43.9 Å². The van der Waals surface area contributed by atoms with Crippen molar-refractivity contribution in [3.05, 3.63) is 57.4 Å². The molecule has 0 fully saturated rings. The van der Waals surface area contributed by atoms with Crippen LogP contribution in [0.2, 0.25) is 0 Å².